The maximum Gasteiger partial charge on any atom is 0.0632 e. The van der Waals surface area contributed by atoms with Gasteiger partial charge in [-0.15, -0.1) is 0 Å². The summed E-state index contributed by atoms with van der Waals surface area (Å²) >= 11 is 0. The van der Waals surface area contributed by atoms with Crippen molar-refractivity contribution in [3.63, 3.8) is 0 Å². The highest BCUT2D eigenvalue weighted by molar-refractivity contribution is 5.34. The van der Waals surface area contributed by atoms with Crippen LogP contribution in [0.5, 0.6) is 0 Å². The average Bonchev–Trinajstić information content (AvgIpc) is 2.48. The first-order valence-corrected chi connectivity index (χ1v) is 7.17. The van der Waals surface area contributed by atoms with Crippen LogP contribution in [-0.4, -0.2) is 17.8 Å². The third-order valence-electron chi connectivity index (χ3n) is 2.49. The van der Waals surface area contributed by atoms with Gasteiger partial charge in [-0.25, -0.2) is 0 Å². The van der Waals surface area contributed by atoms with Crippen molar-refractivity contribution in [3.05, 3.63) is 35.6 Å². The molecule has 1 saturated heterocycles. The van der Waals surface area contributed by atoms with Gasteiger partial charge < -0.3 is 10.4 Å². The predicted octanol–water partition coefficient (Wildman–Crippen LogP) is 4.19. The quantitative estimate of drug-likeness (QED) is 0.773. The summed E-state index contributed by atoms with van der Waals surface area (Å²) in [5.74, 6) is 0. The first-order chi connectivity index (χ1) is 8.81. The topological polar surface area (TPSA) is 32.3 Å². The Labute approximate surface area is 113 Å². The zero-order chi connectivity index (χ0) is 14.4. The Morgan fingerprint density at radius 3 is 2.28 bits per heavy atom. The first-order valence-electron chi connectivity index (χ1n) is 7.17. The van der Waals surface area contributed by atoms with Gasteiger partial charge in [-0.3, -0.25) is 0 Å². The molecule has 1 aliphatic heterocycles. The van der Waals surface area contributed by atoms with E-state index >= 15 is 0 Å². The Bertz CT molecular complexity index is 264. The summed E-state index contributed by atoms with van der Waals surface area (Å²) in [5, 5.41) is 12.4. The highest BCUT2D eigenvalue weighted by atomic mass is 16.3. The molecule has 0 saturated carbocycles. The molecule has 18 heavy (non-hydrogen) atoms. The molecule has 106 valence electrons. The van der Waals surface area contributed by atoms with Crippen LogP contribution in [0.4, 0.5) is 0 Å². The van der Waals surface area contributed by atoms with E-state index in [0.29, 0.717) is 0 Å². The summed E-state index contributed by atoms with van der Waals surface area (Å²) in [6, 6.07) is 0.218. The van der Waals surface area contributed by atoms with Crippen LogP contribution >= 0.6 is 0 Å². The fraction of sp³-hybridized carbons (Fsp3) is 0.625. The van der Waals surface area contributed by atoms with Crippen LogP contribution in [0.25, 0.3) is 0 Å². The van der Waals surface area contributed by atoms with Crippen LogP contribution < -0.4 is 5.32 Å². The summed E-state index contributed by atoms with van der Waals surface area (Å²) in [5.41, 5.74) is 2.49. The molecule has 0 spiro atoms. The van der Waals surface area contributed by atoms with Crippen molar-refractivity contribution >= 4 is 0 Å². The van der Waals surface area contributed by atoms with Crippen LogP contribution in [-0.2, 0) is 0 Å². The Balaban J connectivity index is 0. The number of allylic oxidation sites excluding steroid dienone is 5. The molecule has 0 aromatic rings. The molecule has 1 aliphatic rings. The molecule has 1 rings (SSSR count). The summed E-state index contributed by atoms with van der Waals surface area (Å²) in [4.78, 5) is 0. The van der Waals surface area contributed by atoms with Gasteiger partial charge in [0.05, 0.1) is 6.61 Å². The standard InChI is InChI=1S/C12H19NO.2C2H6/c1-3-5-6-12-10(4-2)7-8-11(9-14)13-12;2*1-2/h3-6,11,13-14H,7-9H2,1-2H3;2*1-2H3/b5-3-,10-4-,12-6+;;. The van der Waals surface area contributed by atoms with Gasteiger partial charge >= 0.3 is 0 Å². The van der Waals surface area contributed by atoms with E-state index in [2.05, 4.69) is 24.4 Å². The van der Waals surface area contributed by atoms with Crippen molar-refractivity contribution in [2.24, 2.45) is 0 Å². The van der Waals surface area contributed by atoms with Crippen molar-refractivity contribution in [3.8, 4) is 0 Å². The molecule has 1 heterocycles. The van der Waals surface area contributed by atoms with E-state index in [-0.39, 0.29) is 12.6 Å². The van der Waals surface area contributed by atoms with Gasteiger partial charge in [0.1, 0.15) is 0 Å². The molecule has 0 radical (unpaired) electrons. The minimum Gasteiger partial charge on any atom is -0.394 e. The predicted molar refractivity (Wildman–Crippen MR) is 82.6 cm³/mol. The first kappa shape index (κ1) is 19.3. The molecule has 2 nitrogen and oxygen atoms in total. The minimum absolute atomic E-state index is 0.212. The van der Waals surface area contributed by atoms with E-state index in [1.54, 1.807) is 0 Å². The van der Waals surface area contributed by atoms with Crippen molar-refractivity contribution in [2.75, 3.05) is 6.61 Å². The number of rotatable bonds is 2. The Morgan fingerprint density at radius 2 is 1.83 bits per heavy atom. The molecule has 0 aromatic heterocycles. The maximum atomic E-state index is 9.07. The summed E-state index contributed by atoms with van der Waals surface area (Å²) in [7, 11) is 0. The van der Waals surface area contributed by atoms with E-state index in [0.717, 1.165) is 18.5 Å². The van der Waals surface area contributed by atoms with Crippen LogP contribution in [0, 0.1) is 0 Å². The van der Waals surface area contributed by atoms with Crippen LogP contribution in [0.15, 0.2) is 35.6 Å². The number of hydrogen-bond acceptors (Lipinski definition) is 2. The molecule has 2 heteroatoms. The number of aliphatic hydroxyl groups excluding tert-OH is 1. The van der Waals surface area contributed by atoms with Crippen LogP contribution in [0.2, 0.25) is 0 Å². The third-order valence-corrected chi connectivity index (χ3v) is 2.49. The van der Waals surface area contributed by atoms with E-state index in [1.165, 1.54) is 5.57 Å². The van der Waals surface area contributed by atoms with E-state index in [1.807, 2.05) is 46.8 Å². The lowest BCUT2D eigenvalue weighted by atomic mass is 9.97. The van der Waals surface area contributed by atoms with Crippen LogP contribution in [0.1, 0.15) is 54.4 Å². The molecule has 1 unspecified atom stereocenters. The second-order valence-corrected chi connectivity index (χ2v) is 3.48. The van der Waals surface area contributed by atoms with Crippen molar-refractivity contribution in [2.45, 2.75) is 60.4 Å². The molecule has 0 aliphatic carbocycles. The van der Waals surface area contributed by atoms with Crippen molar-refractivity contribution in [1.82, 2.24) is 5.32 Å². The number of piperidine rings is 1. The Morgan fingerprint density at radius 1 is 1.22 bits per heavy atom. The largest absolute Gasteiger partial charge is 0.394 e. The third kappa shape index (κ3) is 7.33. The van der Waals surface area contributed by atoms with Gasteiger partial charge in [-0.05, 0) is 38.3 Å². The summed E-state index contributed by atoms with van der Waals surface area (Å²) < 4.78 is 0. The van der Waals surface area contributed by atoms with E-state index < -0.39 is 0 Å². The highest BCUT2D eigenvalue weighted by Crippen LogP contribution is 2.21. The van der Waals surface area contributed by atoms with Gasteiger partial charge in [0, 0.05) is 11.7 Å². The smallest absolute Gasteiger partial charge is 0.0632 e. The number of aliphatic hydroxyl groups is 1. The highest BCUT2D eigenvalue weighted by Gasteiger charge is 2.17. The number of hydrogen-bond donors (Lipinski definition) is 2. The second-order valence-electron chi connectivity index (χ2n) is 3.48. The van der Waals surface area contributed by atoms with Gasteiger partial charge in [0.15, 0.2) is 0 Å². The van der Waals surface area contributed by atoms with Gasteiger partial charge in [0.25, 0.3) is 0 Å². The molecule has 2 N–H and O–H groups in total. The van der Waals surface area contributed by atoms with E-state index in [4.69, 9.17) is 5.11 Å². The fourth-order valence-corrected chi connectivity index (χ4v) is 1.63. The maximum absolute atomic E-state index is 9.07. The fourth-order valence-electron chi connectivity index (χ4n) is 1.63. The lowest BCUT2D eigenvalue weighted by Crippen LogP contribution is -2.36. The monoisotopic (exact) mass is 253 g/mol. The Hall–Kier alpha value is -1.02. The molecule has 0 bridgehead atoms. The summed E-state index contributed by atoms with van der Waals surface area (Å²) in [6.45, 7) is 12.3. The lowest BCUT2D eigenvalue weighted by molar-refractivity contribution is 0.238. The molecular formula is C16H31NO. The van der Waals surface area contributed by atoms with E-state index in [9.17, 15) is 0 Å². The summed E-state index contributed by atoms with van der Waals surface area (Å²) in [6.07, 6.45) is 10.3. The zero-order valence-corrected chi connectivity index (χ0v) is 13.0. The molecule has 0 amide bonds. The second kappa shape index (κ2) is 14.0. The molecular weight excluding hydrogens is 222 g/mol. The van der Waals surface area contributed by atoms with Crippen LogP contribution in [0.3, 0.4) is 0 Å². The van der Waals surface area contributed by atoms with Crippen molar-refractivity contribution < 1.29 is 5.11 Å². The molecule has 0 aromatic carbocycles. The zero-order valence-electron chi connectivity index (χ0n) is 13.0. The van der Waals surface area contributed by atoms with Gasteiger partial charge in [0.2, 0.25) is 0 Å². The average molecular weight is 253 g/mol. The lowest BCUT2D eigenvalue weighted by Gasteiger charge is -2.27. The molecule has 1 fully saturated rings. The van der Waals surface area contributed by atoms with Gasteiger partial charge in [-0.2, -0.15) is 0 Å². The van der Waals surface area contributed by atoms with Gasteiger partial charge in [-0.1, -0.05) is 45.9 Å². The Kier molecular flexibility index (Phi) is 15.1. The normalized spacial score (nSPS) is 22.9. The van der Waals surface area contributed by atoms with Crippen molar-refractivity contribution in [1.29, 1.82) is 0 Å². The molecule has 1 atom stereocenters. The minimum atomic E-state index is 0.212. The number of nitrogens with one attached hydrogen (secondary N) is 1. The SMILES string of the molecule is CC.CC.C\C=C/C=C1/NC(CO)CC/C1=C/C.